The minimum absolute atomic E-state index is 0.0448. The molecule has 9 nitrogen and oxygen atoms in total. The Morgan fingerprint density at radius 2 is 1.89 bits per heavy atom. The monoisotopic (exact) mass is 480 g/mol. The summed E-state index contributed by atoms with van der Waals surface area (Å²) >= 11 is 0. The van der Waals surface area contributed by atoms with E-state index in [0.29, 0.717) is 41.1 Å². The molecule has 2 N–H and O–H groups in total. The Morgan fingerprint density at radius 1 is 1.17 bits per heavy atom. The molecular formula is C25H29FN6O3. The molecule has 0 spiro atoms. The molecule has 0 bridgehead atoms. The molecule has 3 aromatic rings. The van der Waals surface area contributed by atoms with Crippen molar-refractivity contribution in [1.29, 1.82) is 0 Å². The summed E-state index contributed by atoms with van der Waals surface area (Å²) in [5.41, 5.74) is 1.77. The standard InChI is InChI=1S/C25H29FN6O3/c1-4-32-18(11-12-27-32)24(33)30-22(21(15-5-6-15)16-7-8-16)25(34)29-19-10-9-17(23(26)28-19)20-13(2)31-35-14(20)3/h9-12,15-16,21-22H,4-8H2,1-3H3,(H,30,33)(H,28,29,34). The van der Waals surface area contributed by atoms with Crippen LogP contribution in [0, 0.1) is 37.5 Å². The molecule has 1 unspecified atom stereocenters. The number of aryl methyl sites for hydroxylation is 3. The summed E-state index contributed by atoms with van der Waals surface area (Å²) in [6, 6.07) is 4.00. The highest BCUT2D eigenvalue weighted by Crippen LogP contribution is 2.51. The van der Waals surface area contributed by atoms with Crippen molar-refractivity contribution < 1.29 is 18.5 Å². The number of nitrogens with one attached hydrogen (secondary N) is 2. The van der Waals surface area contributed by atoms with Crippen LogP contribution in [0.1, 0.15) is 54.5 Å². The van der Waals surface area contributed by atoms with Gasteiger partial charge in [-0.25, -0.2) is 4.98 Å². The number of nitrogens with zero attached hydrogens (tertiary/aromatic N) is 4. The molecule has 0 aliphatic heterocycles. The second-order valence-corrected chi connectivity index (χ2v) is 9.46. The van der Waals surface area contributed by atoms with Gasteiger partial charge in [0, 0.05) is 18.3 Å². The van der Waals surface area contributed by atoms with Gasteiger partial charge in [-0.2, -0.15) is 9.49 Å². The number of hydrogen-bond acceptors (Lipinski definition) is 6. The summed E-state index contributed by atoms with van der Waals surface area (Å²) in [5, 5.41) is 13.7. The van der Waals surface area contributed by atoms with E-state index in [9.17, 15) is 14.0 Å². The smallest absolute Gasteiger partial charge is 0.270 e. The van der Waals surface area contributed by atoms with Crippen LogP contribution in [-0.2, 0) is 11.3 Å². The van der Waals surface area contributed by atoms with Gasteiger partial charge in [0.15, 0.2) is 0 Å². The third-order valence-electron chi connectivity index (χ3n) is 6.94. The third-order valence-corrected chi connectivity index (χ3v) is 6.94. The van der Waals surface area contributed by atoms with Gasteiger partial charge in [-0.3, -0.25) is 14.3 Å². The molecule has 10 heteroatoms. The number of amides is 2. The van der Waals surface area contributed by atoms with Gasteiger partial charge in [0.25, 0.3) is 5.91 Å². The molecule has 1 atom stereocenters. The summed E-state index contributed by atoms with van der Waals surface area (Å²) in [5.74, 6) is -0.0289. The maximum Gasteiger partial charge on any atom is 0.270 e. The number of halogens is 1. The van der Waals surface area contributed by atoms with E-state index in [4.69, 9.17) is 4.52 Å². The molecule has 2 amide bonds. The molecule has 2 aliphatic carbocycles. The summed E-state index contributed by atoms with van der Waals surface area (Å²) in [7, 11) is 0. The molecule has 35 heavy (non-hydrogen) atoms. The van der Waals surface area contributed by atoms with Crippen LogP contribution >= 0.6 is 0 Å². The van der Waals surface area contributed by atoms with Gasteiger partial charge in [0.1, 0.15) is 23.3 Å². The largest absolute Gasteiger partial charge is 0.361 e. The fourth-order valence-electron chi connectivity index (χ4n) is 4.98. The van der Waals surface area contributed by atoms with Crippen LogP contribution < -0.4 is 10.6 Å². The van der Waals surface area contributed by atoms with Crippen molar-refractivity contribution in [3.63, 3.8) is 0 Å². The zero-order chi connectivity index (χ0) is 24.7. The maximum absolute atomic E-state index is 14.9. The van der Waals surface area contributed by atoms with Crippen LogP contribution in [0.2, 0.25) is 0 Å². The number of carbonyl (C=O) groups is 2. The van der Waals surface area contributed by atoms with Gasteiger partial charge in [-0.05, 0) is 82.4 Å². The highest BCUT2D eigenvalue weighted by molar-refractivity contribution is 6.00. The molecule has 0 saturated heterocycles. The fourth-order valence-corrected chi connectivity index (χ4v) is 4.98. The van der Waals surface area contributed by atoms with E-state index in [2.05, 4.69) is 25.9 Å². The van der Waals surface area contributed by atoms with E-state index in [1.807, 2.05) is 6.92 Å². The van der Waals surface area contributed by atoms with Crippen molar-refractivity contribution in [3.8, 4) is 11.1 Å². The Kier molecular flexibility index (Phi) is 6.12. The molecule has 0 aromatic carbocycles. The summed E-state index contributed by atoms with van der Waals surface area (Å²) in [6.07, 6.45) is 5.76. The van der Waals surface area contributed by atoms with Gasteiger partial charge in [-0.15, -0.1) is 0 Å². The van der Waals surface area contributed by atoms with Crippen molar-refractivity contribution in [2.75, 3.05) is 5.32 Å². The third kappa shape index (κ3) is 4.69. The first-order chi connectivity index (χ1) is 16.9. The SMILES string of the molecule is CCn1nccc1C(=O)NC(C(=O)Nc1ccc(-c2c(C)noc2C)c(F)n1)C(C1CC1)C1CC1. The minimum Gasteiger partial charge on any atom is -0.361 e. The van der Waals surface area contributed by atoms with E-state index >= 15 is 0 Å². The van der Waals surface area contributed by atoms with E-state index in [0.717, 1.165) is 25.7 Å². The molecule has 2 aliphatic rings. The first-order valence-electron chi connectivity index (χ1n) is 12.1. The van der Waals surface area contributed by atoms with Crippen LogP contribution in [0.3, 0.4) is 0 Å². The van der Waals surface area contributed by atoms with Gasteiger partial charge < -0.3 is 15.2 Å². The van der Waals surface area contributed by atoms with Gasteiger partial charge >= 0.3 is 0 Å². The number of aromatic nitrogens is 4. The number of hydrogen-bond donors (Lipinski definition) is 2. The zero-order valence-electron chi connectivity index (χ0n) is 20.0. The van der Waals surface area contributed by atoms with Crippen molar-refractivity contribution in [2.45, 2.75) is 59.0 Å². The second-order valence-electron chi connectivity index (χ2n) is 9.46. The van der Waals surface area contributed by atoms with Crippen LogP contribution in [0.25, 0.3) is 11.1 Å². The summed E-state index contributed by atoms with van der Waals surface area (Å²) in [4.78, 5) is 30.5. The van der Waals surface area contributed by atoms with Gasteiger partial charge in [-0.1, -0.05) is 5.16 Å². The van der Waals surface area contributed by atoms with Crippen LogP contribution in [0.5, 0.6) is 0 Å². The predicted molar refractivity (Wildman–Crippen MR) is 126 cm³/mol. The number of carbonyl (C=O) groups excluding carboxylic acids is 2. The first kappa shape index (κ1) is 23.2. The Balaban J connectivity index is 1.38. The number of rotatable bonds is 9. The topological polar surface area (TPSA) is 115 Å². The molecule has 5 rings (SSSR count). The molecular weight excluding hydrogens is 451 g/mol. The van der Waals surface area contributed by atoms with E-state index in [1.165, 1.54) is 0 Å². The molecule has 3 heterocycles. The number of pyridine rings is 1. The predicted octanol–water partition coefficient (Wildman–Crippen LogP) is 3.88. The lowest BCUT2D eigenvalue weighted by Crippen LogP contribution is -2.50. The molecule has 184 valence electrons. The van der Waals surface area contributed by atoms with Crippen molar-refractivity contribution in [3.05, 3.63) is 47.5 Å². The molecule has 0 radical (unpaired) electrons. The highest BCUT2D eigenvalue weighted by atomic mass is 19.1. The van der Waals surface area contributed by atoms with Crippen LogP contribution in [-0.4, -0.2) is 37.8 Å². The lowest BCUT2D eigenvalue weighted by Gasteiger charge is -2.27. The van der Waals surface area contributed by atoms with Crippen molar-refractivity contribution >= 4 is 17.6 Å². The van der Waals surface area contributed by atoms with Crippen molar-refractivity contribution in [2.24, 2.45) is 17.8 Å². The van der Waals surface area contributed by atoms with E-state index < -0.39 is 12.0 Å². The first-order valence-corrected chi connectivity index (χ1v) is 12.1. The minimum atomic E-state index is -0.741. The van der Waals surface area contributed by atoms with E-state index in [-0.39, 0.29) is 29.1 Å². The Labute approximate surface area is 202 Å². The molecule has 2 saturated carbocycles. The average molecular weight is 481 g/mol. The summed E-state index contributed by atoms with van der Waals surface area (Å²) in [6.45, 7) is 5.88. The zero-order valence-corrected chi connectivity index (χ0v) is 20.0. The fraction of sp³-hybridized carbons (Fsp3) is 0.480. The van der Waals surface area contributed by atoms with Gasteiger partial charge in [0.05, 0.1) is 11.3 Å². The number of anilines is 1. The lowest BCUT2D eigenvalue weighted by molar-refractivity contribution is -0.119. The van der Waals surface area contributed by atoms with E-state index in [1.54, 1.807) is 42.9 Å². The summed E-state index contributed by atoms with van der Waals surface area (Å²) < 4.78 is 21.7. The average Bonchev–Trinajstić information content (AvgIpc) is 3.76. The van der Waals surface area contributed by atoms with Crippen molar-refractivity contribution in [1.82, 2.24) is 25.2 Å². The molecule has 3 aromatic heterocycles. The molecule has 2 fully saturated rings. The Bertz CT molecular complexity index is 1230. The lowest BCUT2D eigenvalue weighted by atomic mass is 9.88. The maximum atomic E-state index is 14.9. The van der Waals surface area contributed by atoms with Crippen LogP contribution in [0.4, 0.5) is 10.2 Å². The highest BCUT2D eigenvalue weighted by Gasteiger charge is 2.48. The normalized spacial score (nSPS) is 16.4. The van der Waals surface area contributed by atoms with Crippen LogP contribution in [0.15, 0.2) is 28.9 Å². The Hall–Kier alpha value is -3.56. The van der Waals surface area contributed by atoms with Gasteiger partial charge in [0.2, 0.25) is 11.9 Å². The quantitative estimate of drug-likeness (QED) is 0.449. The Morgan fingerprint density at radius 3 is 2.46 bits per heavy atom. The second kappa shape index (κ2) is 9.24.